The lowest BCUT2D eigenvalue weighted by Crippen LogP contribution is -2.18. The topological polar surface area (TPSA) is 9.23 Å². The summed E-state index contributed by atoms with van der Waals surface area (Å²) in [6.45, 7) is 8.30. The second-order valence-corrected chi connectivity index (χ2v) is 4.88. The molecule has 0 N–H and O–H groups in total. The van der Waals surface area contributed by atoms with E-state index in [2.05, 4.69) is 45.1 Å². The van der Waals surface area contributed by atoms with Crippen LogP contribution in [0.15, 0.2) is 24.3 Å². The average molecular weight is 180 g/mol. The zero-order valence-corrected chi connectivity index (χ0v) is 8.92. The Balaban J connectivity index is 2.13. The number of ether oxygens (including phenoxy) is 1. The highest BCUT2D eigenvalue weighted by atomic mass is 16.5. The van der Waals surface area contributed by atoms with Gasteiger partial charge in [0.2, 0.25) is 0 Å². The molecule has 0 aliphatic heterocycles. The molecule has 1 aliphatic carbocycles. The van der Waals surface area contributed by atoms with E-state index in [0.29, 0.717) is 5.92 Å². The molecule has 1 rings (SSSR count). The molecule has 0 amide bonds. The van der Waals surface area contributed by atoms with Crippen LogP contribution in [0, 0.1) is 11.3 Å². The summed E-state index contributed by atoms with van der Waals surface area (Å²) in [5, 5.41) is 0. The summed E-state index contributed by atoms with van der Waals surface area (Å²) >= 11 is 0. The summed E-state index contributed by atoms with van der Waals surface area (Å²) in [5.41, 5.74) is 0.286. The van der Waals surface area contributed by atoms with Crippen molar-refractivity contribution in [1.29, 1.82) is 0 Å². The van der Waals surface area contributed by atoms with Crippen LogP contribution in [0.2, 0.25) is 0 Å². The first-order chi connectivity index (χ1) is 6.08. The number of hydrogen-bond donors (Lipinski definition) is 0. The van der Waals surface area contributed by atoms with Gasteiger partial charge in [-0.3, -0.25) is 0 Å². The van der Waals surface area contributed by atoms with Gasteiger partial charge in [-0.1, -0.05) is 45.1 Å². The predicted octanol–water partition coefficient (Wildman–Crippen LogP) is 3.18. The lowest BCUT2D eigenvalue weighted by molar-refractivity contribution is 0.0566. The molecule has 1 unspecified atom stereocenters. The van der Waals surface area contributed by atoms with Crippen molar-refractivity contribution < 1.29 is 4.74 Å². The zero-order valence-electron chi connectivity index (χ0n) is 8.92. The van der Waals surface area contributed by atoms with Gasteiger partial charge in [0.05, 0.1) is 13.2 Å². The van der Waals surface area contributed by atoms with Crippen LogP contribution in [0.4, 0.5) is 0 Å². The Morgan fingerprint density at radius 3 is 2.62 bits per heavy atom. The first-order valence-corrected chi connectivity index (χ1v) is 4.99. The molecule has 0 aromatic heterocycles. The van der Waals surface area contributed by atoms with E-state index in [0.717, 1.165) is 19.6 Å². The van der Waals surface area contributed by atoms with Crippen LogP contribution >= 0.6 is 0 Å². The van der Waals surface area contributed by atoms with Crippen LogP contribution < -0.4 is 0 Å². The van der Waals surface area contributed by atoms with Crippen molar-refractivity contribution in [1.82, 2.24) is 0 Å². The SMILES string of the molecule is CC(C)(C)COCC1C=CC=CC1. The van der Waals surface area contributed by atoms with E-state index in [1.54, 1.807) is 0 Å². The summed E-state index contributed by atoms with van der Waals surface area (Å²) in [6, 6.07) is 0. The van der Waals surface area contributed by atoms with Crippen LogP contribution in [0.25, 0.3) is 0 Å². The van der Waals surface area contributed by atoms with E-state index in [1.165, 1.54) is 0 Å². The quantitative estimate of drug-likeness (QED) is 0.648. The fraction of sp³-hybridized carbons (Fsp3) is 0.667. The molecular weight excluding hydrogens is 160 g/mol. The third-order valence-corrected chi connectivity index (χ3v) is 1.94. The third-order valence-electron chi connectivity index (χ3n) is 1.94. The lowest BCUT2D eigenvalue weighted by atomic mass is 9.98. The Bertz CT molecular complexity index is 196. The number of allylic oxidation sites excluding steroid dienone is 3. The van der Waals surface area contributed by atoms with Gasteiger partial charge >= 0.3 is 0 Å². The molecule has 0 saturated heterocycles. The van der Waals surface area contributed by atoms with Crippen molar-refractivity contribution in [2.24, 2.45) is 11.3 Å². The van der Waals surface area contributed by atoms with Crippen molar-refractivity contribution in [3.63, 3.8) is 0 Å². The van der Waals surface area contributed by atoms with Gasteiger partial charge in [-0.2, -0.15) is 0 Å². The van der Waals surface area contributed by atoms with Gasteiger partial charge in [0.25, 0.3) is 0 Å². The van der Waals surface area contributed by atoms with Gasteiger partial charge in [-0.05, 0) is 11.8 Å². The van der Waals surface area contributed by atoms with E-state index in [1.807, 2.05) is 0 Å². The van der Waals surface area contributed by atoms with Gasteiger partial charge in [0.1, 0.15) is 0 Å². The molecular formula is C12H20O. The summed E-state index contributed by atoms with van der Waals surface area (Å²) in [7, 11) is 0. The maximum atomic E-state index is 5.65. The second-order valence-electron chi connectivity index (χ2n) is 4.88. The minimum atomic E-state index is 0.286. The zero-order chi connectivity index (χ0) is 9.73. The summed E-state index contributed by atoms with van der Waals surface area (Å²) in [4.78, 5) is 0. The second kappa shape index (κ2) is 4.61. The fourth-order valence-electron chi connectivity index (χ4n) is 1.27. The largest absolute Gasteiger partial charge is 0.380 e. The molecule has 0 bridgehead atoms. The summed E-state index contributed by atoms with van der Waals surface area (Å²) in [5.74, 6) is 0.590. The van der Waals surface area contributed by atoms with E-state index in [9.17, 15) is 0 Å². The van der Waals surface area contributed by atoms with Crippen LogP contribution in [-0.2, 0) is 4.74 Å². The van der Waals surface area contributed by atoms with E-state index < -0.39 is 0 Å². The van der Waals surface area contributed by atoms with Crippen LogP contribution in [0.3, 0.4) is 0 Å². The smallest absolute Gasteiger partial charge is 0.0532 e. The summed E-state index contributed by atoms with van der Waals surface area (Å²) < 4.78 is 5.65. The fourth-order valence-corrected chi connectivity index (χ4v) is 1.27. The van der Waals surface area contributed by atoms with Crippen molar-refractivity contribution >= 4 is 0 Å². The van der Waals surface area contributed by atoms with Gasteiger partial charge in [-0.25, -0.2) is 0 Å². The Kier molecular flexibility index (Phi) is 3.73. The molecule has 1 nitrogen and oxygen atoms in total. The van der Waals surface area contributed by atoms with Gasteiger partial charge in [-0.15, -0.1) is 0 Å². The highest BCUT2D eigenvalue weighted by molar-refractivity contribution is 5.10. The molecule has 1 atom stereocenters. The Hall–Kier alpha value is -0.560. The Morgan fingerprint density at radius 1 is 1.31 bits per heavy atom. The molecule has 0 aromatic rings. The summed E-state index contributed by atoms with van der Waals surface area (Å²) in [6.07, 6.45) is 9.75. The molecule has 1 heteroatoms. The maximum Gasteiger partial charge on any atom is 0.0532 e. The van der Waals surface area contributed by atoms with E-state index in [4.69, 9.17) is 4.74 Å². The average Bonchev–Trinajstić information content (AvgIpc) is 2.04. The molecule has 0 spiro atoms. The van der Waals surface area contributed by atoms with Gasteiger partial charge < -0.3 is 4.74 Å². The molecule has 0 fully saturated rings. The monoisotopic (exact) mass is 180 g/mol. The first-order valence-electron chi connectivity index (χ1n) is 4.99. The molecule has 74 valence electrons. The molecule has 0 aromatic carbocycles. The third kappa shape index (κ3) is 4.89. The minimum Gasteiger partial charge on any atom is -0.380 e. The van der Waals surface area contributed by atoms with Crippen LogP contribution in [-0.4, -0.2) is 13.2 Å². The molecule has 13 heavy (non-hydrogen) atoms. The normalized spacial score (nSPS) is 22.2. The van der Waals surface area contributed by atoms with Crippen molar-refractivity contribution in [2.45, 2.75) is 27.2 Å². The Morgan fingerprint density at radius 2 is 2.08 bits per heavy atom. The van der Waals surface area contributed by atoms with Gasteiger partial charge in [0, 0.05) is 5.92 Å². The predicted molar refractivity (Wildman–Crippen MR) is 56.7 cm³/mol. The highest BCUT2D eigenvalue weighted by Gasteiger charge is 2.12. The van der Waals surface area contributed by atoms with Crippen LogP contribution in [0.5, 0.6) is 0 Å². The standard InChI is InChI=1S/C12H20O/c1-12(2,3)10-13-9-11-7-5-4-6-8-11/h4-7,11H,8-10H2,1-3H3. The van der Waals surface area contributed by atoms with Crippen molar-refractivity contribution in [3.8, 4) is 0 Å². The Labute approximate surface area is 81.5 Å². The maximum absolute atomic E-state index is 5.65. The number of hydrogen-bond acceptors (Lipinski definition) is 1. The molecule has 0 saturated carbocycles. The minimum absolute atomic E-state index is 0.286. The first kappa shape index (κ1) is 10.5. The molecule has 0 heterocycles. The van der Waals surface area contributed by atoms with E-state index >= 15 is 0 Å². The lowest BCUT2D eigenvalue weighted by Gasteiger charge is -2.20. The van der Waals surface area contributed by atoms with E-state index in [-0.39, 0.29) is 5.41 Å². The van der Waals surface area contributed by atoms with Crippen LogP contribution in [0.1, 0.15) is 27.2 Å². The van der Waals surface area contributed by atoms with Crippen molar-refractivity contribution in [2.75, 3.05) is 13.2 Å². The highest BCUT2D eigenvalue weighted by Crippen LogP contribution is 2.16. The van der Waals surface area contributed by atoms with Gasteiger partial charge in [0.15, 0.2) is 0 Å². The number of rotatable bonds is 3. The molecule has 1 aliphatic rings. The molecule has 0 radical (unpaired) electrons. The van der Waals surface area contributed by atoms with Crippen molar-refractivity contribution in [3.05, 3.63) is 24.3 Å².